The minimum Gasteiger partial charge on any atom is -0.488 e. The molecule has 0 atom stereocenters. The van der Waals surface area contributed by atoms with Gasteiger partial charge in [-0.1, -0.05) is 35.9 Å². The van der Waals surface area contributed by atoms with Crippen molar-refractivity contribution in [1.29, 1.82) is 0 Å². The van der Waals surface area contributed by atoms with E-state index >= 15 is 0 Å². The van der Waals surface area contributed by atoms with Crippen LogP contribution in [-0.4, -0.2) is 26.2 Å². The van der Waals surface area contributed by atoms with E-state index in [4.69, 9.17) is 16.3 Å². The molecule has 1 aliphatic heterocycles. The highest BCUT2D eigenvalue weighted by Gasteiger charge is 2.15. The van der Waals surface area contributed by atoms with Crippen LogP contribution >= 0.6 is 27.5 Å². The third-order valence-electron chi connectivity index (χ3n) is 4.40. The van der Waals surface area contributed by atoms with E-state index in [0.29, 0.717) is 11.6 Å². The Morgan fingerprint density at radius 2 is 2.00 bits per heavy atom. The van der Waals surface area contributed by atoms with E-state index in [9.17, 15) is 0 Å². The van der Waals surface area contributed by atoms with Gasteiger partial charge in [0, 0.05) is 24.7 Å². The summed E-state index contributed by atoms with van der Waals surface area (Å²) < 4.78 is 6.78. The Hall–Kier alpha value is -1.07. The molecule has 3 rings (SSSR count). The molecule has 0 bridgehead atoms. The molecule has 0 amide bonds. The highest BCUT2D eigenvalue weighted by atomic mass is 79.9. The molecular weight excluding hydrogens is 400 g/mol. The highest BCUT2D eigenvalue weighted by Crippen LogP contribution is 2.28. The minimum absolute atomic E-state index is 0.557. The van der Waals surface area contributed by atoms with Crippen molar-refractivity contribution in [3.05, 3.63) is 63.1 Å². The van der Waals surface area contributed by atoms with Gasteiger partial charge in [-0.3, -0.25) is 0 Å². The van der Waals surface area contributed by atoms with Gasteiger partial charge in [0.05, 0.1) is 4.47 Å². The number of halogens is 2. The number of ether oxygens (including phenoxy) is 1. The molecule has 134 valence electrons. The van der Waals surface area contributed by atoms with Gasteiger partial charge in [0.2, 0.25) is 0 Å². The Morgan fingerprint density at radius 3 is 2.76 bits per heavy atom. The van der Waals surface area contributed by atoms with E-state index in [2.05, 4.69) is 50.8 Å². The van der Waals surface area contributed by atoms with Crippen molar-refractivity contribution in [2.75, 3.05) is 26.2 Å². The van der Waals surface area contributed by atoms with Gasteiger partial charge in [-0.25, -0.2) is 0 Å². The second kappa shape index (κ2) is 9.58. The summed E-state index contributed by atoms with van der Waals surface area (Å²) in [6.07, 6.45) is 2.25. The molecule has 0 radical (unpaired) electrons. The summed E-state index contributed by atoms with van der Waals surface area (Å²) in [5, 5.41) is 7.55. The average Bonchev–Trinajstić information content (AvgIpc) is 2.56. The lowest BCUT2D eigenvalue weighted by atomic mass is 10.0. The van der Waals surface area contributed by atoms with Crippen molar-refractivity contribution in [3.8, 4) is 5.75 Å². The van der Waals surface area contributed by atoms with Crippen molar-refractivity contribution in [3.63, 3.8) is 0 Å². The molecule has 3 nitrogen and oxygen atoms in total. The second-order valence-corrected chi connectivity index (χ2v) is 7.81. The highest BCUT2D eigenvalue weighted by molar-refractivity contribution is 9.10. The van der Waals surface area contributed by atoms with Crippen LogP contribution in [0.4, 0.5) is 0 Å². The van der Waals surface area contributed by atoms with Crippen LogP contribution in [-0.2, 0) is 13.0 Å². The SMILES string of the molecule is Clc1ccc(OCc2cccc(CCCNCC3CNC3)c2)c(Br)c1. The van der Waals surface area contributed by atoms with Crippen LogP contribution in [0.2, 0.25) is 5.02 Å². The van der Waals surface area contributed by atoms with Crippen molar-refractivity contribution in [2.45, 2.75) is 19.4 Å². The van der Waals surface area contributed by atoms with Crippen LogP contribution in [0.25, 0.3) is 0 Å². The predicted octanol–water partition coefficient (Wildman–Crippen LogP) is 4.42. The number of nitrogens with one attached hydrogen (secondary N) is 2. The van der Waals surface area contributed by atoms with Crippen molar-refractivity contribution < 1.29 is 4.74 Å². The second-order valence-electron chi connectivity index (χ2n) is 6.52. The molecule has 0 unspecified atom stereocenters. The number of rotatable bonds is 9. The zero-order valence-corrected chi connectivity index (χ0v) is 16.6. The lowest BCUT2D eigenvalue weighted by molar-refractivity contribution is 0.304. The standard InChI is InChI=1S/C20H24BrClN2O/c21-19-10-18(22)6-7-20(19)25-14-16-4-1-3-15(9-16)5-2-8-23-11-17-12-24-13-17/h1,3-4,6-7,9-10,17,23-24H,2,5,8,11-14H2. The van der Waals surface area contributed by atoms with Crippen LogP contribution in [0, 0.1) is 5.92 Å². The van der Waals surface area contributed by atoms with Crippen LogP contribution < -0.4 is 15.4 Å². The van der Waals surface area contributed by atoms with E-state index in [1.165, 1.54) is 24.2 Å². The molecule has 0 saturated carbocycles. The van der Waals surface area contributed by atoms with Gasteiger partial charge in [-0.05, 0) is 70.6 Å². The van der Waals surface area contributed by atoms with Crippen molar-refractivity contribution >= 4 is 27.5 Å². The van der Waals surface area contributed by atoms with Gasteiger partial charge in [0.1, 0.15) is 12.4 Å². The van der Waals surface area contributed by atoms with Gasteiger partial charge in [-0.15, -0.1) is 0 Å². The van der Waals surface area contributed by atoms with Crippen LogP contribution in [0.5, 0.6) is 5.75 Å². The summed E-state index contributed by atoms with van der Waals surface area (Å²) >= 11 is 9.44. The maximum Gasteiger partial charge on any atom is 0.134 e. The van der Waals surface area contributed by atoms with Gasteiger partial charge >= 0.3 is 0 Å². The molecule has 1 fully saturated rings. The van der Waals surface area contributed by atoms with Gasteiger partial charge < -0.3 is 15.4 Å². The lowest BCUT2D eigenvalue weighted by Gasteiger charge is -2.27. The number of hydrogen-bond acceptors (Lipinski definition) is 3. The van der Waals surface area contributed by atoms with Gasteiger partial charge in [0.25, 0.3) is 0 Å². The number of benzene rings is 2. The first kappa shape index (κ1) is 18.7. The molecule has 1 aliphatic rings. The molecule has 0 spiro atoms. The lowest BCUT2D eigenvalue weighted by Crippen LogP contribution is -2.47. The molecule has 2 aromatic carbocycles. The zero-order chi connectivity index (χ0) is 17.5. The Bertz CT molecular complexity index is 691. The average molecular weight is 424 g/mol. The predicted molar refractivity (Wildman–Crippen MR) is 107 cm³/mol. The Balaban J connectivity index is 1.42. The first-order valence-corrected chi connectivity index (χ1v) is 9.95. The molecule has 25 heavy (non-hydrogen) atoms. The fraction of sp³-hybridized carbons (Fsp3) is 0.400. The minimum atomic E-state index is 0.557. The third kappa shape index (κ3) is 6.00. The molecular formula is C20H24BrClN2O. The van der Waals surface area contributed by atoms with E-state index in [1.54, 1.807) is 0 Å². The van der Waals surface area contributed by atoms with E-state index < -0.39 is 0 Å². The molecule has 2 N–H and O–H groups in total. The molecule has 0 aromatic heterocycles. The Kier molecular flexibility index (Phi) is 7.17. The molecule has 0 aliphatic carbocycles. The Morgan fingerprint density at radius 1 is 1.16 bits per heavy atom. The number of hydrogen-bond donors (Lipinski definition) is 2. The van der Waals surface area contributed by atoms with E-state index in [0.717, 1.165) is 42.1 Å². The summed E-state index contributed by atoms with van der Waals surface area (Å²) in [4.78, 5) is 0. The fourth-order valence-corrected chi connectivity index (χ4v) is 3.64. The monoisotopic (exact) mass is 422 g/mol. The molecule has 2 aromatic rings. The molecule has 5 heteroatoms. The largest absolute Gasteiger partial charge is 0.488 e. The van der Waals surface area contributed by atoms with Crippen molar-refractivity contribution in [2.24, 2.45) is 5.92 Å². The smallest absolute Gasteiger partial charge is 0.134 e. The van der Waals surface area contributed by atoms with Crippen LogP contribution in [0.3, 0.4) is 0 Å². The quantitative estimate of drug-likeness (QED) is 0.586. The van der Waals surface area contributed by atoms with Gasteiger partial charge in [-0.2, -0.15) is 0 Å². The normalized spacial score (nSPS) is 14.3. The summed E-state index contributed by atoms with van der Waals surface area (Å²) in [6.45, 7) is 5.10. The summed E-state index contributed by atoms with van der Waals surface area (Å²) in [5.41, 5.74) is 2.55. The van der Waals surface area contributed by atoms with E-state index in [1.807, 2.05) is 18.2 Å². The number of aryl methyl sites for hydroxylation is 1. The van der Waals surface area contributed by atoms with Crippen molar-refractivity contribution in [1.82, 2.24) is 10.6 Å². The summed E-state index contributed by atoms with van der Waals surface area (Å²) in [5.74, 6) is 1.64. The maximum atomic E-state index is 5.96. The van der Waals surface area contributed by atoms with Crippen LogP contribution in [0.1, 0.15) is 17.5 Å². The first-order valence-electron chi connectivity index (χ1n) is 8.78. The zero-order valence-electron chi connectivity index (χ0n) is 14.2. The summed E-state index contributed by atoms with van der Waals surface area (Å²) in [6, 6.07) is 14.2. The first-order chi connectivity index (χ1) is 12.2. The third-order valence-corrected chi connectivity index (χ3v) is 5.25. The van der Waals surface area contributed by atoms with E-state index in [-0.39, 0.29) is 0 Å². The molecule has 1 heterocycles. The Labute approximate surface area is 163 Å². The fourth-order valence-electron chi connectivity index (χ4n) is 2.84. The van der Waals surface area contributed by atoms with Crippen LogP contribution in [0.15, 0.2) is 46.9 Å². The topological polar surface area (TPSA) is 33.3 Å². The molecule has 1 saturated heterocycles. The van der Waals surface area contributed by atoms with Gasteiger partial charge in [0.15, 0.2) is 0 Å². The maximum absolute atomic E-state index is 5.96. The summed E-state index contributed by atoms with van der Waals surface area (Å²) in [7, 11) is 0.